The van der Waals surface area contributed by atoms with Gasteiger partial charge in [0.05, 0.1) is 18.6 Å². The Kier molecular flexibility index (Phi) is 3.19. The van der Waals surface area contributed by atoms with Crippen LogP contribution in [0.5, 0.6) is 17.2 Å². The Morgan fingerprint density at radius 2 is 2.08 bits per heavy atom. The fraction of sp³-hybridized carbons (Fsp3) is 0.238. The highest BCUT2D eigenvalue weighted by molar-refractivity contribution is 5.86. The molecule has 3 heterocycles. The number of benzene rings is 2. The van der Waals surface area contributed by atoms with E-state index in [1.807, 2.05) is 30.3 Å². The highest BCUT2D eigenvalue weighted by atomic mass is 16.5. The molecule has 0 bridgehead atoms. The topological polar surface area (TPSA) is 51.7 Å². The molecule has 130 valence electrons. The summed E-state index contributed by atoms with van der Waals surface area (Å²) in [5.41, 5.74) is 2.26. The van der Waals surface area contributed by atoms with Gasteiger partial charge in [0.25, 0.3) is 0 Å². The van der Waals surface area contributed by atoms with Crippen molar-refractivity contribution < 1.29 is 13.9 Å². The fourth-order valence-electron chi connectivity index (χ4n) is 3.80. The number of methoxy groups -OCH3 is 1. The normalized spacial score (nSPS) is 14.8. The third-order valence-electron chi connectivity index (χ3n) is 5.18. The molecular weight excluding hydrogens is 330 g/mol. The monoisotopic (exact) mass is 348 g/mol. The third-order valence-corrected chi connectivity index (χ3v) is 5.18. The van der Waals surface area contributed by atoms with Crippen LogP contribution in [-0.4, -0.2) is 20.7 Å². The number of fused-ring (bicyclic) bond motifs is 5. The van der Waals surface area contributed by atoms with Crippen molar-refractivity contribution in [3.63, 3.8) is 0 Å². The molecular formula is C21H18NO4+. The van der Waals surface area contributed by atoms with Crippen LogP contribution in [0, 0.1) is 0 Å². The molecule has 0 spiro atoms. The zero-order valence-electron chi connectivity index (χ0n) is 14.7. The van der Waals surface area contributed by atoms with Crippen molar-refractivity contribution in [2.45, 2.75) is 12.8 Å². The highest BCUT2D eigenvalue weighted by Crippen LogP contribution is 2.34. The lowest BCUT2D eigenvalue weighted by Gasteiger charge is -2.17. The van der Waals surface area contributed by atoms with E-state index in [9.17, 15) is 4.79 Å². The van der Waals surface area contributed by atoms with E-state index in [1.165, 1.54) is 5.56 Å². The molecule has 0 fully saturated rings. The fourth-order valence-corrected chi connectivity index (χ4v) is 3.80. The van der Waals surface area contributed by atoms with Crippen molar-refractivity contribution in [2.24, 2.45) is 0 Å². The van der Waals surface area contributed by atoms with Crippen LogP contribution in [0.3, 0.4) is 0 Å². The van der Waals surface area contributed by atoms with Gasteiger partial charge in [0.2, 0.25) is 5.36 Å². The molecule has 0 saturated carbocycles. The highest BCUT2D eigenvalue weighted by Gasteiger charge is 2.22. The maximum absolute atomic E-state index is 12.5. The summed E-state index contributed by atoms with van der Waals surface area (Å²) in [6.07, 6.45) is 3.95. The minimum atomic E-state index is -0.382. The molecule has 0 aliphatic carbocycles. The van der Waals surface area contributed by atoms with Gasteiger partial charge < -0.3 is 13.9 Å². The SMILES string of the molecule is COc1ccc2c(c1)Oc1c(c(=O)oc3cc4c(cc13)CCC[N+]=4C)=C2. The number of rotatable bonds is 1. The molecule has 0 saturated heterocycles. The maximum atomic E-state index is 12.5. The smallest absolute Gasteiger partial charge is 0.347 e. The minimum Gasteiger partial charge on any atom is -0.497 e. The quantitative estimate of drug-likeness (QED) is 0.389. The molecule has 3 aromatic rings. The van der Waals surface area contributed by atoms with Gasteiger partial charge in [-0.2, -0.15) is 0 Å². The van der Waals surface area contributed by atoms with E-state index >= 15 is 0 Å². The second-order valence-corrected chi connectivity index (χ2v) is 6.78. The Hall–Kier alpha value is -3.08. The van der Waals surface area contributed by atoms with Crippen LogP contribution in [0.4, 0.5) is 0 Å². The van der Waals surface area contributed by atoms with Gasteiger partial charge in [0.15, 0.2) is 5.75 Å². The molecule has 0 amide bonds. The van der Waals surface area contributed by atoms with E-state index in [4.69, 9.17) is 13.9 Å². The Bertz CT molecular complexity index is 1250. The summed E-state index contributed by atoms with van der Waals surface area (Å²) in [6, 6.07) is 9.61. The van der Waals surface area contributed by atoms with E-state index in [0.717, 1.165) is 35.7 Å². The summed E-state index contributed by atoms with van der Waals surface area (Å²) >= 11 is 0. The lowest BCUT2D eigenvalue weighted by Crippen LogP contribution is -2.35. The average molecular weight is 348 g/mol. The summed E-state index contributed by atoms with van der Waals surface area (Å²) in [5.74, 6) is 1.96. The predicted molar refractivity (Wildman–Crippen MR) is 98.7 cm³/mol. The number of ether oxygens (including phenoxy) is 2. The van der Waals surface area contributed by atoms with Crippen molar-refractivity contribution in [3.8, 4) is 17.2 Å². The summed E-state index contributed by atoms with van der Waals surface area (Å²) in [5, 5.41) is 2.41. The Morgan fingerprint density at radius 1 is 1.19 bits per heavy atom. The second-order valence-electron chi connectivity index (χ2n) is 6.78. The van der Waals surface area contributed by atoms with E-state index < -0.39 is 0 Å². The molecule has 1 aromatic heterocycles. The van der Waals surface area contributed by atoms with E-state index in [-0.39, 0.29) is 5.63 Å². The lowest BCUT2D eigenvalue weighted by atomic mass is 10.0. The lowest BCUT2D eigenvalue weighted by molar-refractivity contribution is 0.407. The van der Waals surface area contributed by atoms with Crippen molar-refractivity contribution in [1.82, 2.24) is 4.58 Å². The zero-order chi connectivity index (χ0) is 17.8. The number of nitrogens with zero attached hydrogens (tertiary/aromatic N) is 1. The molecule has 2 aliphatic rings. The molecule has 2 aromatic carbocycles. The van der Waals surface area contributed by atoms with Crippen molar-refractivity contribution in [1.29, 1.82) is 0 Å². The van der Waals surface area contributed by atoms with E-state index in [0.29, 0.717) is 28.1 Å². The van der Waals surface area contributed by atoms with Crippen LogP contribution < -0.4 is 30.3 Å². The Morgan fingerprint density at radius 3 is 2.92 bits per heavy atom. The molecule has 2 aliphatic heterocycles. The van der Waals surface area contributed by atoms with E-state index in [2.05, 4.69) is 17.7 Å². The van der Waals surface area contributed by atoms with Crippen molar-refractivity contribution in [2.75, 3.05) is 20.7 Å². The molecule has 5 heteroatoms. The van der Waals surface area contributed by atoms with Crippen LogP contribution in [0.25, 0.3) is 17.0 Å². The van der Waals surface area contributed by atoms with Gasteiger partial charge in [-0.15, -0.1) is 0 Å². The van der Waals surface area contributed by atoms with Gasteiger partial charge in [-0.25, -0.2) is 9.37 Å². The first-order chi connectivity index (χ1) is 12.6. The van der Waals surface area contributed by atoms with Gasteiger partial charge in [0.1, 0.15) is 35.9 Å². The summed E-state index contributed by atoms with van der Waals surface area (Å²) < 4.78 is 19.2. The van der Waals surface area contributed by atoms with E-state index in [1.54, 1.807) is 7.11 Å². The van der Waals surface area contributed by atoms with Crippen LogP contribution in [0.1, 0.15) is 17.5 Å². The van der Waals surface area contributed by atoms with Crippen LogP contribution >= 0.6 is 0 Å². The first kappa shape index (κ1) is 15.2. The molecule has 5 rings (SSSR count). The van der Waals surface area contributed by atoms with Gasteiger partial charge in [-0.1, -0.05) is 0 Å². The first-order valence-corrected chi connectivity index (χ1v) is 8.69. The summed E-state index contributed by atoms with van der Waals surface area (Å²) in [4.78, 5) is 12.5. The third kappa shape index (κ3) is 2.17. The summed E-state index contributed by atoms with van der Waals surface area (Å²) in [7, 11) is 3.68. The average Bonchev–Trinajstić information content (AvgIpc) is 2.66. The Balaban J connectivity index is 1.85. The number of hydrogen-bond acceptors (Lipinski definition) is 4. The molecule has 0 atom stereocenters. The van der Waals surface area contributed by atoms with Crippen LogP contribution in [0.2, 0.25) is 0 Å². The zero-order valence-corrected chi connectivity index (χ0v) is 14.7. The standard InChI is InChI=1S/C21H18NO4/c1-22-7-3-4-12-8-15-19(11-17(12)22)26-21(23)16-9-13-5-6-14(24-2)10-18(13)25-20(15)16/h5-6,8-11H,3-4,7H2,1-2H3/q+1. The molecule has 0 N–H and O–H groups in total. The molecule has 26 heavy (non-hydrogen) atoms. The minimum absolute atomic E-state index is 0.382. The van der Waals surface area contributed by atoms with Gasteiger partial charge in [-0.05, 0) is 30.7 Å². The van der Waals surface area contributed by atoms with Gasteiger partial charge in [0, 0.05) is 23.6 Å². The van der Waals surface area contributed by atoms with Crippen LogP contribution in [0.15, 0.2) is 39.5 Å². The molecule has 5 nitrogen and oxygen atoms in total. The molecule has 0 radical (unpaired) electrons. The largest absolute Gasteiger partial charge is 0.497 e. The van der Waals surface area contributed by atoms with Crippen molar-refractivity contribution in [3.05, 3.63) is 62.5 Å². The predicted octanol–water partition coefficient (Wildman–Crippen LogP) is 1.80. The second kappa shape index (κ2) is 5.46. The van der Waals surface area contributed by atoms with Crippen molar-refractivity contribution >= 4 is 17.0 Å². The number of aryl methyl sites for hydroxylation is 1. The maximum Gasteiger partial charge on any atom is 0.347 e. The number of hydrogen-bond donors (Lipinski definition) is 0. The van der Waals surface area contributed by atoms with Crippen LogP contribution in [-0.2, 0) is 6.42 Å². The Labute approximate surface area is 149 Å². The first-order valence-electron chi connectivity index (χ1n) is 8.69. The van der Waals surface area contributed by atoms with Gasteiger partial charge in [-0.3, -0.25) is 0 Å². The summed E-state index contributed by atoms with van der Waals surface area (Å²) in [6.45, 7) is 1.01. The van der Waals surface area contributed by atoms with Gasteiger partial charge >= 0.3 is 5.63 Å². The molecule has 0 unspecified atom stereocenters.